The second-order valence-electron chi connectivity index (χ2n) is 7.02. The van der Waals surface area contributed by atoms with Crippen LogP contribution in [0.2, 0.25) is 0 Å². The molecule has 2 atom stereocenters. The maximum Gasteiger partial charge on any atom is 0.299 e. The van der Waals surface area contributed by atoms with Gasteiger partial charge in [0.1, 0.15) is 0 Å². The molecule has 9 nitrogen and oxygen atoms in total. The summed E-state index contributed by atoms with van der Waals surface area (Å²) in [6.45, 7) is 1.62. The number of aromatic nitrogens is 2. The highest BCUT2D eigenvalue weighted by molar-refractivity contribution is 7.90. The number of benzene rings is 1. The molecule has 1 saturated heterocycles. The number of anilines is 2. The van der Waals surface area contributed by atoms with Crippen LogP contribution in [0.15, 0.2) is 30.6 Å². The molecule has 1 fully saturated rings. The summed E-state index contributed by atoms with van der Waals surface area (Å²) in [6.07, 6.45) is 4.32. The van der Waals surface area contributed by atoms with Gasteiger partial charge in [0.25, 0.3) is 10.2 Å². The van der Waals surface area contributed by atoms with Crippen LogP contribution in [-0.2, 0) is 28.5 Å². The Hall–Kier alpha value is -2.43. The molecular formula is C17H22N6O3S. The van der Waals surface area contributed by atoms with Gasteiger partial charge in [-0.3, -0.25) is 13.8 Å². The van der Waals surface area contributed by atoms with Crippen LogP contribution in [0.5, 0.6) is 0 Å². The molecule has 0 aliphatic carbocycles. The molecule has 10 heteroatoms. The van der Waals surface area contributed by atoms with Gasteiger partial charge in [-0.2, -0.15) is 13.5 Å². The van der Waals surface area contributed by atoms with E-state index in [0.29, 0.717) is 37.4 Å². The molecule has 2 aliphatic rings. The maximum absolute atomic E-state index is 12.8. The summed E-state index contributed by atoms with van der Waals surface area (Å²) in [4.78, 5) is 12.8. The predicted octanol–water partition coefficient (Wildman–Crippen LogP) is -0.0722. The van der Waals surface area contributed by atoms with Crippen molar-refractivity contribution in [3.63, 3.8) is 0 Å². The number of carbonyl (C=O) groups is 1. The number of hydrogen-bond acceptors (Lipinski definition) is 5. The highest BCUT2D eigenvalue weighted by atomic mass is 32.2. The quantitative estimate of drug-likeness (QED) is 0.674. The maximum atomic E-state index is 12.8. The number of nitrogens with two attached hydrogens (primary N) is 1. The van der Waals surface area contributed by atoms with Crippen LogP contribution in [-0.4, -0.2) is 43.7 Å². The molecule has 4 N–H and O–H groups in total. The lowest BCUT2D eigenvalue weighted by Crippen LogP contribution is -2.35. The normalized spacial score (nSPS) is 22.1. The predicted molar refractivity (Wildman–Crippen MR) is 102 cm³/mol. The molecule has 144 valence electrons. The molecule has 0 unspecified atom stereocenters. The van der Waals surface area contributed by atoms with Gasteiger partial charge in [0.15, 0.2) is 0 Å². The van der Waals surface area contributed by atoms with E-state index in [4.69, 9.17) is 5.14 Å². The molecule has 1 aromatic carbocycles. The summed E-state index contributed by atoms with van der Waals surface area (Å²) in [5, 5.41) is 15.7. The lowest BCUT2D eigenvalue weighted by Gasteiger charge is -2.19. The average molecular weight is 390 g/mol. The lowest BCUT2D eigenvalue weighted by atomic mass is 9.90. The Kier molecular flexibility index (Phi) is 4.41. The largest absolute Gasteiger partial charge is 0.326 e. The van der Waals surface area contributed by atoms with Crippen LogP contribution < -0.4 is 20.1 Å². The van der Waals surface area contributed by atoms with Gasteiger partial charge in [-0.05, 0) is 29.7 Å². The van der Waals surface area contributed by atoms with Crippen molar-refractivity contribution in [1.82, 2.24) is 15.1 Å². The fraction of sp³-hybridized carbons (Fsp3) is 0.412. The van der Waals surface area contributed by atoms with Gasteiger partial charge >= 0.3 is 0 Å². The second kappa shape index (κ2) is 6.63. The van der Waals surface area contributed by atoms with Crippen molar-refractivity contribution >= 4 is 27.5 Å². The summed E-state index contributed by atoms with van der Waals surface area (Å²) < 4.78 is 26.4. The summed E-state index contributed by atoms with van der Waals surface area (Å²) in [6, 6.07) is 5.30. The zero-order chi connectivity index (χ0) is 19.2. The second-order valence-corrected chi connectivity index (χ2v) is 8.49. The van der Waals surface area contributed by atoms with Gasteiger partial charge in [-0.1, -0.05) is 6.07 Å². The van der Waals surface area contributed by atoms with E-state index in [2.05, 4.69) is 15.7 Å². The van der Waals surface area contributed by atoms with Gasteiger partial charge in [-0.15, -0.1) is 0 Å². The van der Waals surface area contributed by atoms with E-state index in [1.54, 1.807) is 23.0 Å². The van der Waals surface area contributed by atoms with E-state index in [1.165, 1.54) is 4.31 Å². The number of rotatable bonds is 4. The molecule has 0 radical (unpaired) electrons. The number of hydrogen-bond donors (Lipinski definition) is 3. The first-order chi connectivity index (χ1) is 12.8. The van der Waals surface area contributed by atoms with Crippen molar-refractivity contribution in [3.8, 4) is 0 Å². The zero-order valence-electron chi connectivity index (χ0n) is 14.9. The molecule has 2 aliphatic heterocycles. The van der Waals surface area contributed by atoms with Crippen LogP contribution in [0.3, 0.4) is 0 Å². The van der Waals surface area contributed by atoms with Crippen molar-refractivity contribution in [2.24, 2.45) is 18.1 Å². The fourth-order valence-corrected chi connectivity index (χ4v) is 4.65. The minimum absolute atomic E-state index is 0.0500. The fourth-order valence-electron chi connectivity index (χ4n) is 3.86. The monoisotopic (exact) mass is 390 g/mol. The molecule has 4 rings (SSSR count). The van der Waals surface area contributed by atoms with E-state index < -0.39 is 10.2 Å². The van der Waals surface area contributed by atoms with Crippen LogP contribution in [0, 0.1) is 5.92 Å². The molecule has 2 aromatic rings. The van der Waals surface area contributed by atoms with Crippen molar-refractivity contribution in [2.75, 3.05) is 29.3 Å². The molecule has 27 heavy (non-hydrogen) atoms. The van der Waals surface area contributed by atoms with E-state index in [1.807, 2.05) is 19.3 Å². The number of amides is 1. The minimum Gasteiger partial charge on any atom is -0.326 e. The first kappa shape index (κ1) is 18.0. The van der Waals surface area contributed by atoms with Gasteiger partial charge in [0.2, 0.25) is 5.91 Å². The van der Waals surface area contributed by atoms with Crippen LogP contribution in [0.1, 0.15) is 17.0 Å². The highest BCUT2D eigenvalue weighted by Crippen LogP contribution is 2.33. The first-order valence-electron chi connectivity index (χ1n) is 8.76. The van der Waals surface area contributed by atoms with Crippen molar-refractivity contribution in [1.29, 1.82) is 0 Å². The van der Waals surface area contributed by atoms with E-state index >= 15 is 0 Å². The van der Waals surface area contributed by atoms with Crippen molar-refractivity contribution in [2.45, 2.75) is 12.3 Å². The van der Waals surface area contributed by atoms with Crippen LogP contribution in [0.25, 0.3) is 0 Å². The Balaban J connectivity index is 1.53. The summed E-state index contributed by atoms with van der Waals surface area (Å²) >= 11 is 0. The Bertz CT molecular complexity index is 986. The third kappa shape index (κ3) is 3.43. The van der Waals surface area contributed by atoms with Gasteiger partial charge in [0.05, 0.1) is 17.8 Å². The van der Waals surface area contributed by atoms with Crippen LogP contribution >= 0.6 is 0 Å². The summed E-state index contributed by atoms with van der Waals surface area (Å²) in [5.74, 6) is -0.278. The number of carbonyl (C=O) groups excluding carboxylic acids is 1. The third-order valence-corrected chi connectivity index (χ3v) is 6.21. The number of nitrogens with one attached hydrogen (secondary N) is 2. The van der Waals surface area contributed by atoms with Crippen molar-refractivity contribution in [3.05, 3.63) is 41.7 Å². The zero-order valence-corrected chi connectivity index (χ0v) is 15.7. The summed E-state index contributed by atoms with van der Waals surface area (Å²) in [5.41, 5.74) is 3.02. The summed E-state index contributed by atoms with van der Waals surface area (Å²) in [7, 11) is -1.97. The lowest BCUT2D eigenvalue weighted by molar-refractivity contribution is -0.119. The SMILES string of the molecule is Cn1cc([C@H]2CNC[C@@H]2C(=O)Nc2ccc3c(c2)N(S(N)(=O)=O)CC3)cn1. The Labute approximate surface area is 157 Å². The molecular weight excluding hydrogens is 368 g/mol. The molecule has 0 bridgehead atoms. The molecule has 1 aromatic heterocycles. The highest BCUT2D eigenvalue weighted by Gasteiger charge is 2.35. The van der Waals surface area contributed by atoms with Gasteiger partial charge in [0, 0.05) is 44.5 Å². The number of fused-ring (bicyclic) bond motifs is 1. The van der Waals surface area contributed by atoms with E-state index in [0.717, 1.165) is 11.1 Å². The number of nitrogens with zero attached hydrogens (tertiary/aromatic N) is 3. The standard InChI is InChI=1S/C17H22N6O3S/c1-22-10-12(7-20-22)14-8-19-9-15(14)17(24)21-13-3-2-11-4-5-23(16(11)6-13)27(18,25)26/h2-3,6-7,10,14-15,19H,4-5,8-9H2,1H3,(H,21,24)(H2,18,25,26)/t14-,15+/m1/s1. The molecule has 0 spiro atoms. The van der Waals surface area contributed by atoms with Crippen molar-refractivity contribution < 1.29 is 13.2 Å². The van der Waals surface area contributed by atoms with E-state index in [9.17, 15) is 13.2 Å². The van der Waals surface area contributed by atoms with Crippen LogP contribution in [0.4, 0.5) is 11.4 Å². The van der Waals surface area contributed by atoms with Gasteiger partial charge in [-0.25, -0.2) is 5.14 Å². The average Bonchev–Trinajstić information content (AvgIpc) is 3.31. The van der Waals surface area contributed by atoms with E-state index in [-0.39, 0.29) is 17.7 Å². The Morgan fingerprint density at radius 2 is 2.19 bits per heavy atom. The minimum atomic E-state index is -3.82. The third-order valence-electron chi connectivity index (χ3n) is 5.22. The Morgan fingerprint density at radius 1 is 1.37 bits per heavy atom. The first-order valence-corrected chi connectivity index (χ1v) is 10.3. The topological polar surface area (TPSA) is 122 Å². The smallest absolute Gasteiger partial charge is 0.299 e. The molecule has 1 amide bonds. The molecule has 3 heterocycles. The number of aryl methyl sites for hydroxylation is 1. The molecule has 0 saturated carbocycles. The van der Waals surface area contributed by atoms with Gasteiger partial charge < -0.3 is 10.6 Å². The Morgan fingerprint density at radius 3 is 2.89 bits per heavy atom.